The molecule has 5 nitrogen and oxygen atoms in total. The smallest absolute Gasteiger partial charge is 0.243 e. The number of aryl methyl sites for hydroxylation is 1. The van der Waals surface area contributed by atoms with Crippen LogP contribution in [0.2, 0.25) is 0 Å². The number of hydrogen-bond acceptors (Lipinski definition) is 3. The lowest BCUT2D eigenvalue weighted by molar-refractivity contribution is -0.122. The molecule has 3 atom stereocenters. The molecule has 2 saturated carbocycles. The Labute approximate surface area is 138 Å². The largest absolute Gasteiger partial charge is 0.352 e. The van der Waals surface area contributed by atoms with E-state index in [1.165, 1.54) is 26.3 Å². The molecule has 1 aromatic carbocycles. The summed E-state index contributed by atoms with van der Waals surface area (Å²) in [7, 11) is -2.17. The number of amides is 1. The molecule has 6 heteroatoms. The van der Waals surface area contributed by atoms with Crippen molar-refractivity contribution in [1.82, 2.24) is 9.62 Å². The molecule has 0 aliphatic heterocycles. The van der Waals surface area contributed by atoms with E-state index < -0.39 is 10.0 Å². The average Bonchev–Trinajstić information content (AvgIpc) is 3.10. The zero-order chi connectivity index (χ0) is 16.6. The number of carbonyl (C=O) groups excluding carboxylic acids is 1. The first-order chi connectivity index (χ1) is 10.9. The van der Waals surface area contributed by atoms with Gasteiger partial charge in [-0.05, 0) is 50.2 Å². The molecule has 1 N–H and O–H groups in total. The van der Waals surface area contributed by atoms with Gasteiger partial charge < -0.3 is 5.32 Å². The molecule has 0 spiro atoms. The van der Waals surface area contributed by atoms with Crippen molar-refractivity contribution in [2.45, 2.75) is 43.5 Å². The molecule has 23 heavy (non-hydrogen) atoms. The third-order valence-electron chi connectivity index (χ3n) is 5.18. The second-order valence-corrected chi connectivity index (χ2v) is 8.97. The van der Waals surface area contributed by atoms with Gasteiger partial charge in [0, 0.05) is 13.1 Å². The van der Waals surface area contributed by atoms with Gasteiger partial charge in [0.15, 0.2) is 0 Å². The molecule has 0 heterocycles. The summed E-state index contributed by atoms with van der Waals surface area (Å²) in [4.78, 5) is 12.4. The van der Waals surface area contributed by atoms with Crippen LogP contribution in [0.3, 0.4) is 0 Å². The SMILES string of the molecule is Cc1ccc(S(=O)(=O)N(C)CC(=O)N[C@H]2C[C@@H]3CC[C@@H]2C3)cc1. The van der Waals surface area contributed by atoms with E-state index in [1.54, 1.807) is 24.3 Å². The van der Waals surface area contributed by atoms with Crippen LogP contribution in [0.4, 0.5) is 0 Å². The van der Waals surface area contributed by atoms with Gasteiger partial charge in [0.05, 0.1) is 11.4 Å². The molecule has 0 unspecified atom stereocenters. The topological polar surface area (TPSA) is 66.5 Å². The molecule has 2 bridgehead atoms. The normalized spacial score (nSPS) is 26.7. The fraction of sp³-hybridized carbons (Fsp3) is 0.588. The number of likely N-dealkylation sites (N-methyl/N-ethyl adjacent to an activating group) is 1. The highest BCUT2D eigenvalue weighted by molar-refractivity contribution is 7.89. The van der Waals surface area contributed by atoms with Gasteiger partial charge in [0.2, 0.25) is 15.9 Å². The van der Waals surface area contributed by atoms with Gasteiger partial charge in [-0.3, -0.25) is 4.79 Å². The molecule has 2 aliphatic rings. The molecule has 1 aromatic rings. The van der Waals surface area contributed by atoms with Crippen LogP contribution in [0.25, 0.3) is 0 Å². The highest BCUT2D eigenvalue weighted by Gasteiger charge is 2.40. The fourth-order valence-electron chi connectivity index (χ4n) is 3.85. The molecule has 2 fully saturated rings. The van der Waals surface area contributed by atoms with E-state index in [4.69, 9.17) is 0 Å². The third-order valence-corrected chi connectivity index (χ3v) is 7.00. The number of benzene rings is 1. The lowest BCUT2D eigenvalue weighted by atomic mass is 9.95. The number of fused-ring (bicyclic) bond motifs is 2. The Bertz CT molecular complexity index is 684. The van der Waals surface area contributed by atoms with Crippen molar-refractivity contribution < 1.29 is 13.2 Å². The van der Waals surface area contributed by atoms with Crippen molar-refractivity contribution in [3.63, 3.8) is 0 Å². The molecular formula is C17H24N2O3S. The number of nitrogens with zero attached hydrogens (tertiary/aromatic N) is 1. The lowest BCUT2D eigenvalue weighted by Gasteiger charge is -2.24. The van der Waals surface area contributed by atoms with Crippen molar-refractivity contribution in [3.8, 4) is 0 Å². The Hall–Kier alpha value is -1.40. The predicted octanol–water partition coefficient (Wildman–Crippen LogP) is 1.92. The number of nitrogens with one attached hydrogen (secondary N) is 1. The second kappa shape index (κ2) is 6.24. The summed E-state index contributed by atoms with van der Waals surface area (Å²) in [6.45, 7) is 1.77. The monoisotopic (exact) mass is 336 g/mol. The van der Waals surface area contributed by atoms with Crippen LogP contribution in [-0.2, 0) is 14.8 Å². The highest BCUT2D eigenvalue weighted by atomic mass is 32.2. The van der Waals surface area contributed by atoms with E-state index in [2.05, 4.69) is 5.32 Å². The van der Waals surface area contributed by atoms with Gasteiger partial charge >= 0.3 is 0 Å². The maximum Gasteiger partial charge on any atom is 0.243 e. The number of hydrogen-bond donors (Lipinski definition) is 1. The van der Waals surface area contributed by atoms with Crippen LogP contribution in [0.1, 0.15) is 31.2 Å². The first-order valence-electron chi connectivity index (χ1n) is 8.18. The molecule has 1 amide bonds. The number of carbonyl (C=O) groups is 1. The maximum atomic E-state index is 12.5. The predicted molar refractivity (Wildman–Crippen MR) is 88.4 cm³/mol. The lowest BCUT2D eigenvalue weighted by Crippen LogP contribution is -2.44. The average molecular weight is 336 g/mol. The highest BCUT2D eigenvalue weighted by Crippen LogP contribution is 2.44. The van der Waals surface area contributed by atoms with E-state index in [-0.39, 0.29) is 23.4 Å². The standard InChI is InChI=1S/C17H24N2O3S/c1-12-3-7-15(8-4-12)23(21,22)19(2)11-17(20)18-16-10-13-5-6-14(16)9-13/h3-4,7-8,13-14,16H,5-6,9-11H2,1-2H3,(H,18,20)/t13-,14-,16+/m1/s1. The Kier molecular flexibility index (Phi) is 4.47. The summed E-state index contributed by atoms with van der Waals surface area (Å²) >= 11 is 0. The minimum Gasteiger partial charge on any atom is -0.352 e. The van der Waals surface area contributed by atoms with Gasteiger partial charge in [0.1, 0.15) is 0 Å². The van der Waals surface area contributed by atoms with Crippen molar-refractivity contribution in [1.29, 1.82) is 0 Å². The zero-order valence-electron chi connectivity index (χ0n) is 13.7. The number of sulfonamides is 1. The second-order valence-electron chi connectivity index (χ2n) is 6.92. The Balaban J connectivity index is 1.60. The molecule has 126 valence electrons. The van der Waals surface area contributed by atoms with E-state index in [0.29, 0.717) is 5.92 Å². The van der Waals surface area contributed by atoms with Crippen LogP contribution in [0.15, 0.2) is 29.2 Å². The summed E-state index contributed by atoms with van der Waals surface area (Å²) in [6.07, 6.45) is 4.72. The zero-order valence-corrected chi connectivity index (χ0v) is 14.5. The van der Waals surface area contributed by atoms with E-state index in [0.717, 1.165) is 22.2 Å². The summed E-state index contributed by atoms with van der Waals surface area (Å²) in [5, 5.41) is 3.03. The first kappa shape index (κ1) is 16.5. The van der Waals surface area contributed by atoms with Gasteiger partial charge in [-0.25, -0.2) is 8.42 Å². The molecular weight excluding hydrogens is 312 g/mol. The Morgan fingerprint density at radius 1 is 1.22 bits per heavy atom. The summed E-state index contributed by atoms with van der Waals surface area (Å²) in [6, 6.07) is 6.91. The number of rotatable bonds is 5. The third kappa shape index (κ3) is 3.43. The minimum absolute atomic E-state index is 0.135. The Morgan fingerprint density at radius 2 is 1.91 bits per heavy atom. The van der Waals surface area contributed by atoms with E-state index in [1.807, 2.05) is 6.92 Å². The quantitative estimate of drug-likeness (QED) is 0.893. The van der Waals surface area contributed by atoms with Crippen molar-refractivity contribution in [2.75, 3.05) is 13.6 Å². The van der Waals surface area contributed by atoms with Crippen LogP contribution in [0.5, 0.6) is 0 Å². The van der Waals surface area contributed by atoms with Gasteiger partial charge in [-0.15, -0.1) is 0 Å². The van der Waals surface area contributed by atoms with E-state index >= 15 is 0 Å². The molecule has 3 rings (SSSR count). The fourth-order valence-corrected chi connectivity index (χ4v) is 4.98. The van der Waals surface area contributed by atoms with Crippen LogP contribution in [-0.4, -0.2) is 38.3 Å². The molecule has 0 saturated heterocycles. The van der Waals surface area contributed by atoms with Crippen LogP contribution >= 0.6 is 0 Å². The minimum atomic E-state index is -3.62. The van der Waals surface area contributed by atoms with Crippen LogP contribution in [0, 0.1) is 18.8 Å². The van der Waals surface area contributed by atoms with Crippen molar-refractivity contribution >= 4 is 15.9 Å². The van der Waals surface area contributed by atoms with Crippen LogP contribution < -0.4 is 5.32 Å². The van der Waals surface area contributed by atoms with Gasteiger partial charge in [-0.1, -0.05) is 24.1 Å². The molecule has 2 aliphatic carbocycles. The molecule has 0 aromatic heterocycles. The summed E-state index contributed by atoms with van der Waals surface area (Å²) < 4.78 is 26.1. The molecule has 0 radical (unpaired) electrons. The summed E-state index contributed by atoms with van der Waals surface area (Å²) in [5.74, 6) is 1.13. The van der Waals surface area contributed by atoms with Gasteiger partial charge in [0.25, 0.3) is 0 Å². The van der Waals surface area contributed by atoms with Crippen molar-refractivity contribution in [3.05, 3.63) is 29.8 Å². The maximum absolute atomic E-state index is 12.5. The first-order valence-corrected chi connectivity index (χ1v) is 9.62. The van der Waals surface area contributed by atoms with Crippen molar-refractivity contribution in [2.24, 2.45) is 11.8 Å². The van der Waals surface area contributed by atoms with E-state index in [9.17, 15) is 13.2 Å². The summed E-state index contributed by atoms with van der Waals surface area (Å²) in [5.41, 5.74) is 1.00. The Morgan fingerprint density at radius 3 is 2.48 bits per heavy atom. The van der Waals surface area contributed by atoms with Gasteiger partial charge in [-0.2, -0.15) is 4.31 Å².